The number of rotatable bonds is 2. The fraction of sp³-hybridized carbons (Fsp3) is 0.353. The van der Waals surface area contributed by atoms with E-state index in [-0.39, 0.29) is 17.4 Å². The smallest absolute Gasteiger partial charge is 0.337 e. The van der Waals surface area contributed by atoms with Crippen molar-refractivity contribution in [2.24, 2.45) is 0 Å². The Kier molecular flexibility index (Phi) is 3.25. The number of alkyl halides is 3. The SMILES string of the molecule is CCN1C(=O)C(C)(C)c2cc3nc(-c4cc(C(F)(F)F)[nH]n4)[nH]c3cc21. The van der Waals surface area contributed by atoms with E-state index >= 15 is 0 Å². The van der Waals surface area contributed by atoms with Crippen molar-refractivity contribution in [1.82, 2.24) is 20.2 Å². The molecule has 1 aliphatic rings. The first kappa shape index (κ1) is 16.6. The first-order chi connectivity index (χ1) is 12.1. The second-order valence-corrected chi connectivity index (χ2v) is 6.81. The van der Waals surface area contributed by atoms with Gasteiger partial charge in [0.1, 0.15) is 11.4 Å². The molecule has 2 aromatic heterocycles. The minimum Gasteiger partial charge on any atom is -0.337 e. The van der Waals surface area contributed by atoms with Crippen LogP contribution in [0.2, 0.25) is 0 Å². The highest BCUT2D eigenvalue weighted by Crippen LogP contribution is 2.43. The number of nitrogens with one attached hydrogen (secondary N) is 2. The summed E-state index contributed by atoms with van der Waals surface area (Å²) in [6.07, 6.45) is -4.50. The van der Waals surface area contributed by atoms with Crippen molar-refractivity contribution in [3.63, 3.8) is 0 Å². The number of halogens is 3. The van der Waals surface area contributed by atoms with E-state index < -0.39 is 17.3 Å². The molecule has 0 bridgehead atoms. The minimum absolute atomic E-state index is 0.0185. The van der Waals surface area contributed by atoms with Crippen molar-refractivity contribution < 1.29 is 18.0 Å². The maximum absolute atomic E-state index is 12.7. The standard InChI is InChI=1S/C17H16F3N5O/c1-4-25-12-6-10-9(5-8(12)16(2,3)15(25)26)21-14(22-10)11-7-13(24-23-11)17(18,19)20/h5-7H,4H2,1-3H3,(H,21,22)(H,23,24). The number of benzene rings is 1. The first-order valence-corrected chi connectivity index (χ1v) is 8.12. The molecule has 3 heterocycles. The molecule has 9 heteroatoms. The summed E-state index contributed by atoms with van der Waals surface area (Å²) in [5.41, 5.74) is 1.34. The summed E-state index contributed by atoms with van der Waals surface area (Å²) in [5.74, 6) is 0.257. The topological polar surface area (TPSA) is 77.7 Å². The summed E-state index contributed by atoms with van der Waals surface area (Å²) >= 11 is 0. The predicted molar refractivity (Wildman–Crippen MR) is 89.7 cm³/mol. The lowest BCUT2D eigenvalue weighted by Crippen LogP contribution is -2.35. The highest BCUT2D eigenvalue weighted by Gasteiger charge is 2.43. The van der Waals surface area contributed by atoms with Gasteiger partial charge in [-0.3, -0.25) is 9.89 Å². The van der Waals surface area contributed by atoms with Crippen LogP contribution in [0.25, 0.3) is 22.6 Å². The molecule has 26 heavy (non-hydrogen) atoms. The third-order valence-corrected chi connectivity index (χ3v) is 4.79. The van der Waals surface area contributed by atoms with E-state index in [0.29, 0.717) is 17.6 Å². The molecule has 2 N–H and O–H groups in total. The van der Waals surface area contributed by atoms with Crippen LogP contribution >= 0.6 is 0 Å². The zero-order valence-electron chi connectivity index (χ0n) is 14.3. The summed E-state index contributed by atoms with van der Waals surface area (Å²) in [7, 11) is 0. The van der Waals surface area contributed by atoms with E-state index in [9.17, 15) is 18.0 Å². The van der Waals surface area contributed by atoms with Crippen LogP contribution in [-0.4, -0.2) is 32.6 Å². The molecule has 1 aliphatic heterocycles. The number of hydrogen-bond donors (Lipinski definition) is 2. The van der Waals surface area contributed by atoms with E-state index in [0.717, 1.165) is 17.3 Å². The normalized spacial score (nSPS) is 16.5. The lowest BCUT2D eigenvalue weighted by Gasteiger charge is -2.18. The summed E-state index contributed by atoms with van der Waals surface area (Å²) in [4.78, 5) is 21.6. The van der Waals surface area contributed by atoms with E-state index in [4.69, 9.17) is 0 Å². The monoisotopic (exact) mass is 363 g/mol. The number of nitrogens with zero attached hydrogens (tertiary/aromatic N) is 3. The van der Waals surface area contributed by atoms with Crippen LogP contribution in [0.3, 0.4) is 0 Å². The Morgan fingerprint density at radius 3 is 2.58 bits per heavy atom. The number of H-pyrrole nitrogens is 2. The number of aromatic nitrogens is 4. The van der Waals surface area contributed by atoms with Crippen LogP contribution in [0, 0.1) is 0 Å². The quantitative estimate of drug-likeness (QED) is 0.730. The van der Waals surface area contributed by atoms with Crippen molar-refractivity contribution >= 4 is 22.6 Å². The van der Waals surface area contributed by atoms with Crippen LogP contribution in [0.4, 0.5) is 18.9 Å². The molecule has 3 aromatic rings. The molecule has 0 atom stereocenters. The molecule has 0 fully saturated rings. The van der Waals surface area contributed by atoms with Gasteiger partial charge in [0.25, 0.3) is 0 Å². The summed E-state index contributed by atoms with van der Waals surface area (Å²) in [5, 5.41) is 5.68. The molecule has 136 valence electrons. The van der Waals surface area contributed by atoms with Crippen LogP contribution in [0.15, 0.2) is 18.2 Å². The largest absolute Gasteiger partial charge is 0.432 e. The third-order valence-electron chi connectivity index (χ3n) is 4.79. The van der Waals surface area contributed by atoms with Gasteiger partial charge < -0.3 is 9.88 Å². The maximum Gasteiger partial charge on any atom is 0.432 e. The number of hydrogen-bond acceptors (Lipinski definition) is 3. The Hall–Kier alpha value is -2.84. The zero-order chi connectivity index (χ0) is 18.9. The minimum atomic E-state index is -4.50. The average molecular weight is 363 g/mol. The highest BCUT2D eigenvalue weighted by molar-refractivity contribution is 6.09. The van der Waals surface area contributed by atoms with Crippen molar-refractivity contribution in [1.29, 1.82) is 0 Å². The maximum atomic E-state index is 12.7. The molecule has 0 unspecified atom stereocenters. The van der Waals surface area contributed by atoms with Gasteiger partial charge in [-0.1, -0.05) is 0 Å². The van der Waals surface area contributed by atoms with Crippen molar-refractivity contribution in [3.05, 3.63) is 29.5 Å². The average Bonchev–Trinajstić information content (AvgIpc) is 3.23. The summed E-state index contributed by atoms with van der Waals surface area (Å²) in [6, 6.07) is 4.54. The number of imidazole rings is 1. The van der Waals surface area contributed by atoms with Gasteiger partial charge >= 0.3 is 6.18 Å². The summed E-state index contributed by atoms with van der Waals surface area (Å²) < 4.78 is 38.2. The zero-order valence-corrected chi connectivity index (χ0v) is 14.3. The van der Waals surface area contributed by atoms with Gasteiger partial charge in [0.2, 0.25) is 5.91 Å². The Labute approximate surface area is 146 Å². The van der Waals surface area contributed by atoms with E-state index in [1.165, 1.54) is 0 Å². The second kappa shape index (κ2) is 5.09. The van der Waals surface area contributed by atoms with Crippen LogP contribution < -0.4 is 4.90 Å². The molecule has 1 amide bonds. The van der Waals surface area contributed by atoms with Gasteiger partial charge in [-0.15, -0.1) is 0 Å². The molecule has 0 saturated carbocycles. The molecule has 0 aliphatic carbocycles. The first-order valence-electron chi connectivity index (χ1n) is 8.12. The predicted octanol–water partition coefficient (Wildman–Crippen LogP) is 3.62. The number of aromatic amines is 2. The third kappa shape index (κ3) is 2.23. The molecular weight excluding hydrogens is 347 g/mol. The van der Waals surface area contributed by atoms with Crippen molar-refractivity contribution in [2.45, 2.75) is 32.4 Å². The molecular formula is C17H16F3N5O. The lowest BCUT2D eigenvalue weighted by molar-refractivity contribution is -0.141. The molecule has 0 spiro atoms. The molecule has 4 rings (SSSR count). The van der Waals surface area contributed by atoms with Gasteiger partial charge in [0, 0.05) is 6.54 Å². The fourth-order valence-corrected chi connectivity index (χ4v) is 3.35. The van der Waals surface area contributed by atoms with Gasteiger partial charge in [-0.25, -0.2) is 4.98 Å². The Morgan fingerprint density at radius 2 is 1.96 bits per heavy atom. The second-order valence-electron chi connectivity index (χ2n) is 6.81. The highest BCUT2D eigenvalue weighted by atomic mass is 19.4. The summed E-state index contributed by atoms with van der Waals surface area (Å²) in [6.45, 7) is 6.14. The van der Waals surface area contributed by atoms with Crippen LogP contribution in [0.5, 0.6) is 0 Å². The van der Waals surface area contributed by atoms with Crippen molar-refractivity contribution in [2.75, 3.05) is 11.4 Å². The van der Waals surface area contributed by atoms with E-state index in [1.54, 1.807) is 4.90 Å². The Morgan fingerprint density at radius 1 is 1.23 bits per heavy atom. The van der Waals surface area contributed by atoms with Gasteiger partial charge in [0.15, 0.2) is 5.82 Å². The van der Waals surface area contributed by atoms with E-state index in [2.05, 4.69) is 15.1 Å². The number of anilines is 1. The number of likely N-dealkylation sites (N-methyl/N-ethyl adjacent to an activating group) is 1. The van der Waals surface area contributed by atoms with Gasteiger partial charge in [0.05, 0.1) is 22.1 Å². The molecule has 0 saturated heterocycles. The fourth-order valence-electron chi connectivity index (χ4n) is 3.35. The molecule has 0 radical (unpaired) electrons. The lowest BCUT2D eigenvalue weighted by atomic mass is 9.86. The molecule has 6 nitrogen and oxygen atoms in total. The Bertz CT molecular complexity index is 1030. The number of carbonyl (C=O) groups is 1. The molecule has 1 aromatic carbocycles. The number of carbonyl (C=O) groups excluding carboxylic acids is 1. The Balaban J connectivity index is 1.83. The van der Waals surface area contributed by atoms with Crippen LogP contribution in [0.1, 0.15) is 32.0 Å². The van der Waals surface area contributed by atoms with Gasteiger partial charge in [-0.05, 0) is 44.5 Å². The van der Waals surface area contributed by atoms with Gasteiger partial charge in [-0.2, -0.15) is 18.3 Å². The van der Waals surface area contributed by atoms with E-state index in [1.807, 2.05) is 38.0 Å². The number of amides is 1. The van der Waals surface area contributed by atoms with Crippen LogP contribution in [-0.2, 0) is 16.4 Å². The van der Waals surface area contributed by atoms with Crippen molar-refractivity contribution in [3.8, 4) is 11.5 Å². The number of fused-ring (bicyclic) bond motifs is 2.